The normalized spacial score (nSPS) is 18.7. The number of fused-ring (bicyclic) bond motifs is 1. The fraction of sp³-hybridized carbons (Fsp3) is 0.476. The number of likely N-dealkylation sites (N-methyl/N-ethyl adjacent to an activating group) is 1. The fourth-order valence-corrected chi connectivity index (χ4v) is 3.59. The van der Waals surface area contributed by atoms with E-state index in [0.717, 1.165) is 30.7 Å². The Labute approximate surface area is 165 Å². The number of nitrogens with one attached hydrogen (secondary N) is 1. The van der Waals surface area contributed by atoms with E-state index in [1.807, 2.05) is 24.4 Å². The van der Waals surface area contributed by atoms with Gasteiger partial charge in [0.2, 0.25) is 5.95 Å². The van der Waals surface area contributed by atoms with Crippen LogP contribution < -0.4 is 10.1 Å². The van der Waals surface area contributed by atoms with Gasteiger partial charge in [-0.2, -0.15) is 19.6 Å². The molecule has 2 unspecified atom stereocenters. The Balaban J connectivity index is 1.69. The summed E-state index contributed by atoms with van der Waals surface area (Å²) in [4.78, 5) is 11.6. The van der Waals surface area contributed by atoms with Crippen LogP contribution in [0.2, 0.25) is 0 Å². The molecule has 0 bridgehead atoms. The Kier molecular flexibility index (Phi) is 5.17. The Hall–Kier alpha value is -2.67. The number of hydrogen-bond donors (Lipinski definition) is 1. The SMILES string of the molecule is CC(C)c1cnn2c(NC(C)c3ccccc3)nc(OC3CCN(C)C3)nc12. The van der Waals surface area contributed by atoms with Crippen molar-refractivity contribution in [2.24, 2.45) is 0 Å². The first kappa shape index (κ1) is 18.7. The van der Waals surface area contributed by atoms with Gasteiger partial charge in [0.05, 0.1) is 12.2 Å². The summed E-state index contributed by atoms with van der Waals surface area (Å²) in [6, 6.07) is 10.8. The highest BCUT2D eigenvalue weighted by molar-refractivity contribution is 5.53. The molecule has 0 radical (unpaired) electrons. The third kappa shape index (κ3) is 3.80. The molecule has 3 aromatic rings. The van der Waals surface area contributed by atoms with Crippen molar-refractivity contribution >= 4 is 11.6 Å². The number of hydrogen-bond acceptors (Lipinski definition) is 6. The molecule has 1 aromatic carbocycles. The van der Waals surface area contributed by atoms with Gasteiger partial charge in [0.25, 0.3) is 0 Å². The molecule has 148 valence electrons. The second-order valence-electron chi connectivity index (χ2n) is 7.89. The summed E-state index contributed by atoms with van der Waals surface area (Å²) < 4.78 is 7.92. The molecule has 1 saturated heterocycles. The summed E-state index contributed by atoms with van der Waals surface area (Å²) in [6.07, 6.45) is 2.99. The molecular weight excluding hydrogens is 352 g/mol. The van der Waals surface area contributed by atoms with Crippen molar-refractivity contribution in [3.05, 3.63) is 47.7 Å². The van der Waals surface area contributed by atoms with E-state index in [2.05, 4.69) is 60.3 Å². The topological polar surface area (TPSA) is 67.6 Å². The average molecular weight is 380 g/mol. The van der Waals surface area contributed by atoms with Crippen LogP contribution in [0.5, 0.6) is 6.01 Å². The second-order valence-corrected chi connectivity index (χ2v) is 7.89. The number of rotatable bonds is 6. The molecule has 0 aliphatic carbocycles. The molecule has 28 heavy (non-hydrogen) atoms. The van der Waals surface area contributed by atoms with Crippen LogP contribution in [-0.4, -0.2) is 50.7 Å². The van der Waals surface area contributed by atoms with Crippen molar-refractivity contribution in [1.82, 2.24) is 24.5 Å². The van der Waals surface area contributed by atoms with E-state index in [-0.39, 0.29) is 12.1 Å². The maximum Gasteiger partial charge on any atom is 0.322 e. The summed E-state index contributed by atoms with van der Waals surface area (Å²) in [5.41, 5.74) is 3.07. The minimum absolute atomic E-state index is 0.0801. The molecule has 0 amide bonds. The van der Waals surface area contributed by atoms with Gasteiger partial charge in [0.15, 0.2) is 5.65 Å². The third-order valence-corrected chi connectivity index (χ3v) is 5.26. The molecule has 7 heteroatoms. The largest absolute Gasteiger partial charge is 0.459 e. The molecular formula is C21H28N6O. The van der Waals surface area contributed by atoms with Crippen molar-refractivity contribution in [1.29, 1.82) is 0 Å². The van der Waals surface area contributed by atoms with Crippen LogP contribution in [0.4, 0.5) is 5.95 Å². The van der Waals surface area contributed by atoms with Crippen molar-refractivity contribution < 1.29 is 4.74 Å². The van der Waals surface area contributed by atoms with Crippen LogP contribution in [-0.2, 0) is 0 Å². The first-order chi connectivity index (χ1) is 13.5. The molecule has 3 heterocycles. The van der Waals surface area contributed by atoms with E-state index >= 15 is 0 Å². The van der Waals surface area contributed by atoms with Crippen LogP contribution >= 0.6 is 0 Å². The fourth-order valence-electron chi connectivity index (χ4n) is 3.59. The minimum Gasteiger partial charge on any atom is -0.459 e. The molecule has 0 spiro atoms. The van der Waals surface area contributed by atoms with Gasteiger partial charge < -0.3 is 15.0 Å². The maximum atomic E-state index is 6.14. The summed E-state index contributed by atoms with van der Waals surface area (Å²) >= 11 is 0. The van der Waals surface area contributed by atoms with Crippen molar-refractivity contribution in [3.63, 3.8) is 0 Å². The van der Waals surface area contributed by atoms with E-state index in [4.69, 9.17) is 9.72 Å². The first-order valence-electron chi connectivity index (χ1n) is 9.93. The molecule has 4 rings (SSSR count). The Morgan fingerprint density at radius 2 is 1.93 bits per heavy atom. The van der Waals surface area contributed by atoms with Gasteiger partial charge in [0.1, 0.15) is 6.10 Å². The number of aromatic nitrogens is 4. The average Bonchev–Trinajstić information content (AvgIpc) is 3.28. The highest BCUT2D eigenvalue weighted by Gasteiger charge is 2.24. The van der Waals surface area contributed by atoms with Crippen LogP contribution in [0.1, 0.15) is 50.3 Å². The monoisotopic (exact) mass is 380 g/mol. The zero-order chi connectivity index (χ0) is 19.7. The van der Waals surface area contributed by atoms with Crippen molar-refractivity contribution in [3.8, 4) is 6.01 Å². The predicted molar refractivity (Wildman–Crippen MR) is 110 cm³/mol. The second kappa shape index (κ2) is 7.75. The molecule has 2 aromatic heterocycles. The highest BCUT2D eigenvalue weighted by atomic mass is 16.5. The lowest BCUT2D eigenvalue weighted by Gasteiger charge is -2.17. The summed E-state index contributed by atoms with van der Waals surface area (Å²) in [5, 5.41) is 8.02. The highest BCUT2D eigenvalue weighted by Crippen LogP contribution is 2.26. The number of ether oxygens (including phenoxy) is 1. The predicted octanol–water partition coefficient (Wildman–Crippen LogP) is 3.50. The summed E-state index contributed by atoms with van der Waals surface area (Å²) in [5.74, 6) is 0.965. The van der Waals surface area contributed by atoms with E-state index in [0.29, 0.717) is 17.9 Å². The molecule has 0 saturated carbocycles. The summed E-state index contributed by atoms with van der Waals surface area (Å²) in [7, 11) is 2.11. The Morgan fingerprint density at radius 1 is 1.14 bits per heavy atom. The van der Waals surface area contributed by atoms with Gasteiger partial charge in [-0.25, -0.2) is 0 Å². The Morgan fingerprint density at radius 3 is 2.61 bits per heavy atom. The number of likely N-dealkylation sites (tertiary alicyclic amines) is 1. The van der Waals surface area contributed by atoms with Crippen LogP contribution in [0.3, 0.4) is 0 Å². The quantitative estimate of drug-likeness (QED) is 0.706. The van der Waals surface area contributed by atoms with Gasteiger partial charge in [0, 0.05) is 18.7 Å². The molecule has 7 nitrogen and oxygen atoms in total. The van der Waals surface area contributed by atoms with Gasteiger partial charge in [-0.05, 0) is 31.9 Å². The summed E-state index contributed by atoms with van der Waals surface area (Å²) in [6.45, 7) is 8.33. The third-order valence-electron chi connectivity index (χ3n) is 5.26. The first-order valence-corrected chi connectivity index (χ1v) is 9.93. The zero-order valence-corrected chi connectivity index (χ0v) is 17.0. The molecule has 1 aliphatic rings. The van der Waals surface area contributed by atoms with Crippen LogP contribution in [0.15, 0.2) is 36.5 Å². The van der Waals surface area contributed by atoms with Crippen LogP contribution in [0.25, 0.3) is 5.65 Å². The molecule has 1 aliphatic heterocycles. The number of benzene rings is 1. The molecule has 2 atom stereocenters. The van der Waals surface area contributed by atoms with Crippen molar-refractivity contribution in [2.75, 3.05) is 25.5 Å². The zero-order valence-electron chi connectivity index (χ0n) is 17.0. The lowest BCUT2D eigenvalue weighted by molar-refractivity contribution is 0.191. The number of nitrogens with zero attached hydrogens (tertiary/aromatic N) is 5. The van der Waals surface area contributed by atoms with Gasteiger partial charge in [-0.3, -0.25) is 0 Å². The van der Waals surface area contributed by atoms with E-state index < -0.39 is 0 Å². The van der Waals surface area contributed by atoms with E-state index in [1.54, 1.807) is 4.52 Å². The standard InChI is InChI=1S/C21H28N6O/c1-14(2)18-12-22-27-19(18)24-21(28-17-10-11-26(4)13-17)25-20(27)23-15(3)16-8-6-5-7-9-16/h5-9,12,14-15,17H,10-11,13H2,1-4H3,(H,23,24,25). The smallest absolute Gasteiger partial charge is 0.322 e. The number of anilines is 1. The Bertz CT molecular complexity index is 939. The maximum absolute atomic E-state index is 6.14. The van der Waals surface area contributed by atoms with Gasteiger partial charge in [-0.1, -0.05) is 44.2 Å². The van der Waals surface area contributed by atoms with E-state index in [9.17, 15) is 0 Å². The van der Waals surface area contributed by atoms with Crippen LogP contribution in [0, 0.1) is 0 Å². The van der Waals surface area contributed by atoms with E-state index in [1.165, 1.54) is 5.56 Å². The lowest BCUT2D eigenvalue weighted by atomic mass is 10.1. The molecule has 1 fully saturated rings. The lowest BCUT2D eigenvalue weighted by Crippen LogP contribution is -2.23. The van der Waals surface area contributed by atoms with Crippen molar-refractivity contribution in [2.45, 2.75) is 45.3 Å². The molecule has 1 N–H and O–H groups in total. The van der Waals surface area contributed by atoms with Gasteiger partial charge >= 0.3 is 6.01 Å². The minimum atomic E-state index is 0.0801. The van der Waals surface area contributed by atoms with Gasteiger partial charge in [-0.15, -0.1) is 0 Å².